The molecule has 0 aliphatic heterocycles. The summed E-state index contributed by atoms with van der Waals surface area (Å²) in [5.41, 5.74) is 1.92. The van der Waals surface area contributed by atoms with E-state index >= 15 is 0 Å². The van der Waals surface area contributed by atoms with Crippen molar-refractivity contribution in [2.24, 2.45) is 0 Å². The molecule has 2 nitrogen and oxygen atoms in total. The van der Waals surface area contributed by atoms with Crippen molar-refractivity contribution in [3.05, 3.63) is 69.7 Å². The molecular weight excluding hydrogens is 293 g/mol. The number of hydrogen-bond donors (Lipinski definition) is 1. The summed E-state index contributed by atoms with van der Waals surface area (Å²) in [4.78, 5) is 2.03. The van der Waals surface area contributed by atoms with Gasteiger partial charge in [0.2, 0.25) is 0 Å². The number of benzene rings is 2. The maximum atomic E-state index is 10.2. The number of rotatable bonds is 5. The second-order valence-electron chi connectivity index (χ2n) is 4.86. The van der Waals surface area contributed by atoms with E-state index in [0.717, 1.165) is 11.1 Å². The van der Waals surface area contributed by atoms with Gasteiger partial charge in [0, 0.05) is 23.1 Å². The van der Waals surface area contributed by atoms with Crippen LogP contribution in [0.25, 0.3) is 0 Å². The molecule has 106 valence electrons. The molecule has 0 spiro atoms. The van der Waals surface area contributed by atoms with Crippen LogP contribution < -0.4 is 0 Å². The molecule has 0 radical (unpaired) electrons. The lowest BCUT2D eigenvalue weighted by molar-refractivity contribution is 0.124. The van der Waals surface area contributed by atoms with E-state index in [1.54, 1.807) is 6.07 Å². The summed E-state index contributed by atoms with van der Waals surface area (Å²) in [5, 5.41) is 11.5. The number of hydrogen-bond acceptors (Lipinski definition) is 2. The fourth-order valence-electron chi connectivity index (χ4n) is 2.08. The van der Waals surface area contributed by atoms with Crippen LogP contribution in [-0.4, -0.2) is 23.6 Å². The maximum absolute atomic E-state index is 10.2. The molecule has 0 aliphatic carbocycles. The normalized spacial score (nSPS) is 12.7. The lowest BCUT2D eigenvalue weighted by atomic mass is 10.1. The minimum Gasteiger partial charge on any atom is -0.387 e. The Morgan fingerprint density at radius 3 is 2.45 bits per heavy atom. The Morgan fingerprint density at radius 1 is 1.10 bits per heavy atom. The average molecular weight is 310 g/mol. The van der Waals surface area contributed by atoms with Crippen molar-refractivity contribution in [3.8, 4) is 0 Å². The Bertz CT molecular complexity index is 560. The molecule has 0 amide bonds. The van der Waals surface area contributed by atoms with Gasteiger partial charge >= 0.3 is 0 Å². The summed E-state index contributed by atoms with van der Waals surface area (Å²) < 4.78 is 0. The fraction of sp³-hybridized carbons (Fsp3) is 0.250. The van der Waals surface area contributed by atoms with Gasteiger partial charge in [0.1, 0.15) is 0 Å². The molecule has 0 saturated heterocycles. The minimum absolute atomic E-state index is 0.507. The summed E-state index contributed by atoms with van der Waals surface area (Å²) >= 11 is 12.0. The minimum atomic E-state index is -0.507. The average Bonchev–Trinajstić information content (AvgIpc) is 2.43. The van der Waals surface area contributed by atoms with Crippen LogP contribution in [0.1, 0.15) is 17.2 Å². The van der Waals surface area contributed by atoms with Crippen molar-refractivity contribution in [1.82, 2.24) is 4.90 Å². The van der Waals surface area contributed by atoms with Crippen LogP contribution in [0.3, 0.4) is 0 Å². The van der Waals surface area contributed by atoms with Crippen LogP contribution in [0, 0.1) is 0 Å². The second kappa shape index (κ2) is 7.09. The van der Waals surface area contributed by atoms with Crippen molar-refractivity contribution >= 4 is 23.2 Å². The third kappa shape index (κ3) is 4.22. The van der Waals surface area contributed by atoms with E-state index < -0.39 is 6.10 Å². The highest BCUT2D eigenvalue weighted by atomic mass is 35.5. The second-order valence-corrected chi connectivity index (χ2v) is 5.70. The molecule has 0 aliphatic rings. The van der Waals surface area contributed by atoms with Gasteiger partial charge in [0.15, 0.2) is 0 Å². The van der Waals surface area contributed by atoms with E-state index in [4.69, 9.17) is 23.2 Å². The van der Waals surface area contributed by atoms with E-state index in [-0.39, 0.29) is 0 Å². The highest BCUT2D eigenvalue weighted by Crippen LogP contribution is 2.22. The summed E-state index contributed by atoms with van der Waals surface area (Å²) in [7, 11) is 1.96. The van der Waals surface area contributed by atoms with Crippen LogP contribution >= 0.6 is 23.2 Å². The number of nitrogens with zero attached hydrogens (tertiary/aromatic N) is 1. The Morgan fingerprint density at radius 2 is 1.80 bits per heavy atom. The molecule has 2 rings (SSSR count). The van der Waals surface area contributed by atoms with E-state index in [0.29, 0.717) is 23.1 Å². The fourth-order valence-corrected chi connectivity index (χ4v) is 2.55. The van der Waals surface area contributed by atoms with Crippen LogP contribution in [0.2, 0.25) is 10.0 Å². The molecule has 1 N–H and O–H groups in total. The van der Waals surface area contributed by atoms with Crippen LogP contribution in [0.4, 0.5) is 0 Å². The zero-order valence-corrected chi connectivity index (χ0v) is 12.8. The zero-order valence-electron chi connectivity index (χ0n) is 11.3. The molecule has 4 heteroatoms. The predicted octanol–water partition coefficient (Wildman–Crippen LogP) is 4.16. The van der Waals surface area contributed by atoms with Gasteiger partial charge in [-0.3, -0.25) is 4.90 Å². The Balaban J connectivity index is 1.97. The Kier molecular flexibility index (Phi) is 5.44. The number of likely N-dealkylation sites (N-methyl/N-ethyl adjacent to an activating group) is 1. The first-order valence-electron chi connectivity index (χ1n) is 6.42. The largest absolute Gasteiger partial charge is 0.387 e. The van der Waals surface area contributed by atoms with Gasteiger partial charge in [-0.05, 0) is 30.3 Å². The lowest BCUT2D eigenvalue weighted by Gasteiger charge is -2.21. The van der Waals surface area contributed by atoms with Crippen LogP contribution in [0.15, 0.2) is 48.5 Å². The van der Waals surface area contributed by atoms with Crippen molar-refractivity contribution in [2.45, 2.75) is 12.6 Å². The van der Waals surface area contributed by atoms with Crippen molar-refractivity contribution in [3.63, 3.8) is 0 Å². The molecule has 1 atom stereocenters. The van der Waals surface area contributed by atoms with Crippen LogP contribution in [-0.2, 0) is 6.54 Å². The summed E-state index contributed by atoms with van der Waals surface area (Å²) in [6.07, 6.45) is -0.507. The van der Waals surface area contributed by atoms with Gasteiger partial charge in [-0.15, -0.1) is 0 Å². The van der Waals surface area contributed by atoms with Crippen molar-refractivity contribution < 1.29 is 5.11 Å². The molecule has 0 saturated carbocycles. The molecule has 2 aromatic rings. The summed E-state index contributed by atoms with van der Waals surface area (Å²) in [6.45, 7) is 1.21. The van der Waals surface area contributed by atoms with Gasteiger partial charge in [-0.25, -0.2) is 0 Å². The van der Waals surface area contributed by atoms with Crippen molar-refractivity contribution in [1.29, 1.82) is 0 Å². The standard InChI is InChI=1S/C16H17Cl2NO/c1-19(10-13-7-8-14(17)9-15(13)18)11-16(20)12-5-3-2-4-6-12/h2-9,16,20H,10-11H2,1H3/t16-/m1/s1. The first-order chi connectivity index (χ1) is 9.56. The highest BCUT2D eigenvalue weighted by Gasteiger charge is 2.12. The van der Waals surface area contributed by atoms with E-state index in [9.17, 15) is 5.11 Å². The molecule has 0 heterocycles. The highest BCUT2D eigenvalue weighted by molar-refractivity contribution is 6.35. The third-order valence-corrected chi connectivity index (χ3v) is 3.71. The molecular formula is C16H17Cl2NO. The van der Waals surface area contributed by atoms with Gasteiger partial charge in [0.05, 0.1) is 6.10 Å². The van der Waals surface area contributed by atoms with E-state index in [1.165, 1.54) is 0 Å². The zero-order chi connectivity index (χ0) is 14.5. The third-order valence-electron chi connectivity index (χ3n) is 3.12. The van der Waals surface area contributed by atoms with Gasteiger partial charge in [-0.1, -0.05) is 59.6 Å². The quantitative estimate of drug-likeness (QED) is 0.896. The molecule has 0 unspecified atom stereocenters. The van der Waals surface area contributed by atoms with Gasteiger partial charge in [0.25, 0.3) is 0 Å². The summed E-state index contributed by atoms with van der Waals surface area (Å²) in [5.74, 6) is 0. The van der Waals surface area contributed by atoms with E-state index in [1.807, 2.05) is 54.4 Å². The van der Waals surface area contributed by atoms with E-state index in [2.05, 4.69) is 0 Å². The number of halogens is 2. The maximum Gasteiger partial charge on any atom is 0.0916 e. The van der Waals surface area contributed by atoms with Crippen molar-refractivity contribution in [2.75, 3.05) is 13.6 Å². The smallest absolute Gasteiger partial charge is 0.0916 e. The van der Waals surface area contributed by atoms with Crippen LogP contribution in [0.5, 0.6) is 0 Å². The summed E-state index contributed by atoms with van der Waals surface area (Å²) in [6, 6.07) is 15.1. The first kappa shape index (κ1) is 15.3. The molecule has 0 bridgehead atoms. The molecule has 0 fully saturated rings. The molecule has 2 aromatic carbocycles. The van der Waals surface area contributed by atoms with Gasteiger partial charge < -0.3 is 5.11 Å². The monoisotopic (exact) mass is 309 g/mol. The lowest BCUT2D eigenvalue weighted by Crippen LogP contribution is -2.24. The molecule has 20 heavy (non-hydrogen) atoms. The van der Waals surface area contributed by atoms with Gasteiger partial charge in [-0.2, -0.15) is 0 Å². The topological polar surface area (TPSA) is 23.5 Å². The SMILES string of the molecule is CN(Cc1ccc(Cl)cc1Cl)C[C@@H](O)c1ccccc1. The number of aliphatic hydroxyl groups excluding tert-OH is 1. The Hall–Kier alpha value is -1.06. The predicted molar refractivity (Wildman–Crippen MR) is 84.2 cm³/mol. The number of aliphatic hydroxyl groups is 1. The first-order valence-corrected chi connectivity index (χ1v) is 7.17. The molecule has 0 aromatic heterocycles. The Labute approximate surface area is 129 Å².